The van der Waals surface area contributed by atoms with Crippen molar-refractivity contribution in [1.29, 1.82) is 0 Å². The van der Waals surface area contributed by atoms with Gasteiger partial charge < -0.3 is 15.5 Å². The molecule has 1 aromatic carbocycles. The zero-order valence-electron chi connectivity index (χ0n) is 13.7. The average molecular weight is 294 g/mol. The van der Waals surface area contributed by atoms with E-state index in [2.05, 4.69) is 48.5 Å². The van der Waals surface area contributed by atoms with Gasteiger partial charge in [0.2, 0.25) is 0 Å². The molecular weight excluding hydrogens is 267 g/mol. The maximum Gasteiger partial charge on any atom is 0.191 e. The number of rotatable bonds is 6. The Kier molecular flexibility index (Phi) is 6.62. The summed E-state index contributed by atoms with van der Waals surface area (Å²) < 4.78 is 13.1. The van der Waals surface area contributed by atoms with Crippen molar-refractivity contribution in [3.63, 3.8) is 0 Å². The van der Waals surface area contributed by atoms with Gasteiger partial charge in [-0.2, -0.15) is 0 Å². The van der Waals surface area contributed by atoms with Gasteiger partial charge in [0, 0.05) is 26.7 Å². The summed E-state index contributed by atoms with van der Waals surface area (Å²) in [5, 5.41) is 6.52. The van der Waals surface area contributed by atoms with Crippen LogP contribution in [0.15, 0.2) is 29.3 Å². The molecule has 0 saturated heterocycles. The molecule has 0 atom stereocenters. The fourth-order valence-electron chi connectivity index (χ4n) is 2.29. The van der Waals surface area contributed by atoms with Crippen molar-refractivity contribution in [1.82, 2.24) is 15.5 Å². The summed E-state index contributed by atoms with van der Waals surface area (Å²) in [4.78, 5) is 6.37. The van der Waals surface area contributed by atoms with E-state index >= 15 is 0 Å². The highest BCUT2D eigenvalue weighted by atomic mass is 19.1. The first-order chi connectivity index (χ1) is 9.82. The van der Waals surface area contributed by atoms with Gasteiger partial charge in [0.1, 0.15) is 5.82 Å². The minimum absolute atomic E-state index is 0.139. The maximum absolute atomic E-state index is 13.1. The summed E-state index contributed by atoms with van der Waals surface area (Å²) in [6.07, 6.45) is 0. The molecule has 2 N–H and O–H groups in total. The van der Waals surface area contributed by atoms with Gasteiger partial charge in [0.15, 0.2) is 5.96 Å². The number of halogens is 1. The van der Waals surface area contributed by atoms with Crippen LogP contribution in [0.2, 0.25) is 0 Å². The normalized spacial score (nSPS) is 12.6. The molecule has 4 nitrogen and oxygen atoms in total. The van der Waals surface area contributed by atoms with Gasteiger partial charge in [0.05, 0.1) is 0 Å². The lowest BCUT2D eigenvalue weighted by atomic mass is 9.93. The number of hydrogen-bond acceptors (Lipinski definition) is 2. The summed E-state index contributed by atoms with van der Waals surface area (Å²) in [7, 11) is 5.87. The van der Waals surface area contributed by atoms with E-state index in [0.29, 0.717) is 6.54 Å². The summed E-state index contributed by atoms with van der Waals surface area (Å²) in [6.45, 7) is 6.76. The number of aliphatic imine (C=N–C) groups is 1. The third-order valence-electron chi connectivity index (χ3n) is 3.05. The van der Waals surface area contributed by atoms with E-state index in [1.807, 2.05) is 6.07 Å². The SMILES string of the molecule is CN=C(NCc1cccc(F)c1)NCC(C)(C)CN(C)C. The average Bonchev–Trinajstić information content (AvgIpc) is 2.37. The molecule has 0 aliphatic heterocycles. The van der Waals surface area contributed by atoms with Crippen LogP contribution in [-0.4, -0.2) is 45.1 Å². The smallest absolute Gasteiger partial charge is 0.191 e. The van der Waals surface area contributed by atoms with E-state index in [9.17, 15) is 4.39 Å². The van der Waals surface area contributed by atoms with Crippen molar-refractivity contribution < 1.29 is 4.39 Å². The van der Waals surface area contributed by atoms with Gasteiger partial charge in [0.25, 0.3) is 0 Å². The lowest BCUT2D eigenvalue weighted by Crippen LogP contribution is -2.44. The van der Waals surface area contributed by atoms with E-state index < -0.39 is 0 Å². The van der Waals surface area contributed by atoms with Crippen LogP contribution in [0.1, 0.15) is 19.4 Å². The fraction of sp³-hybridized carbons (Fsp3) is 0.562. The van der Waals surface area contributed by atoms with E-state index in [1.165, 1.54) is 12.1 Å². The molecule has 0 heterocycles. The molecule has 5 heteroatoms. The van der Waals surface area contributed by atoms with Gasteiger partial charge >= 0.3 is 0 Å². The van der Waals surface area contributed by atoms with E-state index in [-0.39, 0.29) is 11.2 Å². The van der Waals surface area contributed by atoms with Crippen LogP contribution in [0.25, 0.3) is 0 Å². The minimum Gasteiger partial charge on any atom is -0.356 e. The highest BCUT2D eigenvalue weighted by Gasteiger charge is 2.19. The van der Waals surface area contributed by atoms with Crippen molar-refractivity contribution in [2.45, 2.75) is 20.4 Å². The lowest BCUT2D eigenvalue weighted by molar-refractivity contribution is 0.241. The number of hydrogen-bond donors (Lipinski definition) is 2. The van der Waals surface area contributed by atoms with Crippen molar-refractivity contribution in [3.8, 4) is 0 Å². The number of benzene rings is 1. The van der Waals surface area contributed by atoms with Crippen LogP contribution < -0.4 is 10.6 Å². The molecule has 21 heavy (non-hydrogen) atoms. The van der Waals surface area contributed by atoms with Crippen LogP contribution in [0, 0.1) is 11.2 Å². The van der Waals surface area contributed by atoms with E-state index in [1.54, 1.807) is 13.1 Å². The second-order valence-electron chi connectivity index (χ2n) is 6.31. The topological polar surface area (TPSA) is 39.7 Å². The van der Waals surface area contributed by atoms with E-state index in [0.717, 1.165) is 24.6 Å². The van der Waals surface area contributed by atoms with Gasteiger partial charge in [-0.15, -0.1) is 0 Å². The van der Waals surface area contributed by atoms with Crippen LogP contribution in [-0.2, 0) is 6.54 Å². The molecule has 0 amide bonds. The maximum atomic E-state index is 13.1. The number of nitrogens with zero attached hydrogens (tertiary/aromatic N) is 2. The molecule has 0 aliphatic carbocycles. The Balaban J connectivity index is 2.46. The highest BCUT2D eigenvalue weighted by Crippen LogP contribution is 2.13. The molecule has 0 aromatic heterocycles. The third kappa shape index (κ3) is 7.09. The Morgan fingerprint density at radius 3 is 2.57 bits per heavy atom. The monoisotopic (exact) mass is 294 g/mol. The molecule has 0 aliphatic rings. The molecular formula is C16H27FN4. The second kappa shape index (κ2) is 7.98. The molecule has 0 spiro atoms. The predicted octanol–water partition coefficient (Wildman–Crippen LogP) is 2.08. The zero-order chi connectivity index (χ0) is 15.9. The predicted molar refractivity (Wildman–Crippen MR) is 86.9 cm³/mol. The molecule has 0 unspecified atom stereocenters. The molecule has 1 rings (SSSR count). The summed E-state index contributed by atoms with van der Waals surface area (Å²) in [5.41, 5.74) is 1.03. The second-order valence-corrected chi connectivity index (χ2v) is 6.31. The first-order valence-corrected chi connectivity index (χ1v) is 7.16. The standard InChI is InChI=1S/C16H27FN4/c1-16(2,12-21(4)5)11-20-15(18-3)19-10-13-7-6-8-14(17)9-13/h6-9H,10-12H2,1-5H3,(H2,18,19,20). The van der Waals surface area contributed by atoms with E-state index in [4.69, 9.17) is 0 Å². The Morgan fingerprint density at radius 2 is 2.00 bits per heavy atom. The first-order valence-electron chi connectivity index (χ1n) is 7.16. The Morgan fingerprint density at radius 1 is 1.29 bits per heavy atom. The zero-order valence-corrected chi connectivity index (χ0v) is 13.7. The van der Waals surface area contributed by atoms with Crippen LogP contribution >= 0.6 is 0 Å². The Hall–Kier alpha value is -1.62. The quantitative estimate of drug-likeness (QED) is 0.623. The number of guanidine groups is 1. The van der Waals surface area contributed by atoms with Gasteiger partial charge in [-0.25, -0.2) is 4.39 Å². The van der Waals surface area contributed by atoms with Gasteiger partial charge in [-0.3, -0.25) is 4.99 Å². The van der Waals surface area contributed by atoms with Crippen LogP contribution in [0.3, 0.4) is 0 Å². The molecule has 0 bridgehead atoms. The third-order valence-corrected chi connectivity index (χ3v) is 3.05. The van der Waals surface area contributed by atoms with Crippen molar-refractivity contribution in [2.75, 3.05) is 34.2 Å². The molecule has 0 saturated carbocycles. The van der Waals surface area contributed by atoms with Crippen LogP contribution in [0.5, 0.6) is 0 Å². The minimum atomic E-state index is -0.218. The molecule has 0 fully saturated rings. The Bertz CT molecular complexity index is 469. The van der Waals surface area contributed by atoms with Crippen LogP contribution in [0.4, 0.5) is 4.39 Å². The van der Waals surface area contributed by atoms with Gasteiger partial charge in [-0.05, 0) is 37.2 Å². The fourth-order valence-corrected chi connectivity index (χ4v) is 2.29. The summed E-state index contributed by atoms with van der Waals surface area (Å²) >= 11 is 0. The molecule has 118 valence electrons. The molecule has 0 radical (unpaired) electrons. The largest absolute Gasteiger partial charge is 0.356 e. The van der Waals surface area contributed by atoms with Crippen molar-refractivity contribution in [2.24, 2.45) is 10.4 Å². The Labute approximate surface area is 127 Å². The van der Waals surface area contributed by atoms with Crippen molar-refractivity contribution >= 4 is 5.96 Å². The lowest BCUT2D eigenvalue weighted by Gasteiger charge is -2.29. The molecule has 1 aromatic rings. The summed E-state index contributed by atoms with van der Waals surface area (Å²) in [6, 6.07) is 6.57. The number of nitrogens with one attached hydrogen (secondary N) is 2. The highest BCUT2D eigenvalue weighted by molar-refractivity contribution is 5.79. The van der Waals surface area contributed by atoms with Crippen molar-refractivity contribution in [3.05, 3.63) is 35.6 Å². The van der Waals surface area contributed by atoms with Gasteiger partial charge in [-0.1, -0.05) is 26.0 Å². The first kappa shape index (κ1) is 17.4. The summed E-state index contributed by atoms with van der Waals surface area (Å²) in [5.74, 6) is 0.510.